The van der Waals surface area contributed by atoms with Gasteiger partial charge in [0, 0.05) is 18.8 Å². The lowest BCUT2D eigenvalue weighted by Crippen LogP contribution is -2.59. The lowest BCUT2D eigenvalue weighted by Gasteiger charge is -2.27. The first kappa shape index (κ1) is 41.8. The summed E-state index contributed by atoms with van der Waals surface area (Å²) in [7, 11) is 0. The maximum Gasteiger partial charge on any atom is 0.326 e. The van der Waals surface area contributed by atoms with Gasteiger partial charge in [-0.2, -0.15) is 0 Å². The van der Waals surface area contributed by atoms with Crippen LogP contribution in [0.2, 0.25) is 0 Å². The largest absolute Gasteiger partial charge is 0.480 e. The molecule has 0 saturated heterocycles. The average molecular weight is 702 g/mol. The van der Waals surface area contributed by atoms with Crippen LogP contribution in [-0.4, -0.2) is 94.9 Å². The Morgan fingerprint density at radius 2 is 1.48 bits per heavy atom. The van der Waals surface area contributed by atoms with Crippen LogP contribution in [0.4, 0.5) is 0 Å². The Morgan fingerprint density at radius 1 is 0.880 bits per heavy atom. The Bertz CT molecular complexity index is 1290. The highest BCUT2D eigenvalue weighted by molar-refractivity contribution is 5.96. The lowest BCUT2D eigenvalue weighted by molar-refractivity contribution is -0.142. The third kappa shape index (κ3) is 15.0. The predicted molar refractivity (Wildman–Crippen MR) is 187 cm³/mol. The molecule has 50 heavy (non-hydrogen) atoms. The number of nitrogens with two attached hydrogens (primary N) is 3. The van der Waals surface area contributed by atoms with Crippen LogP contribution < -0.4 is 43.8 Å². The summed E-state index contributed by atoms with van der Waals surface area (Å²) in [5.74, 6) is -4.44. The van der Waals surface area contributed by atoms with Crippen molar-refractivity contribution >= 4 is 35.5 Å². The van der Waals surface area contributed by atoms with Crippen LogP contribution in [0.25, 0.3) is 0 Å². The zero-order chi connectivity index (χ0) is 37.1. The zero-order valence-electron chi connectivity index (χ0n) is 29.1. The van der Waals surface area contributed by atoms with Crippen LogP contribution in [0.5, 0.6) is 0 Å². The topological polar surface area (TPSA) is 274 Å². The van der Waals surface area contributed by atoms with E-state index in [1.54, 1.807) is 30.5 Å². The molecule has 2 heterocycles. The molecule has 0 aliphatic carbocycles. The quantitative estimate of drug-likeness (QED) is 0.0710. The molecular weight excluding hydrogens is 646 g/mol. The number of carbonyl (C=O) groups excluding carboxylic acids is 5. The molecule has 16 nitrogen and oxygen atoms in total. The smallest absolute Gasteiger partial charge is 0.326 e. The van der Waals surface area contributed by atoms with Crippen molar-refractivity contribution in [3.8, 4) is 0 Å². The van der Waals surface area contributed by atoms with Gasteiger partial charge in [0.2, 0.25) is 29.5 Å². The number of aromatic nitrogens is 1. The number of nitrogens with one attached hydrogen (secondary N) is 5. The van der Waals surface area contributed by atoms with Gasteiger partial charge in [-0.15, -0.1) is 0 Å². The van der Waals surface area contributed by atoms with Crippen LogP contribution >= 0.6 is 0 Å². The Hall–Kier alpha value is -4.41. The van der Waals surface area contributed by atoms with E-state index in [2.05, 4.69) is 31.6 Å². The SMILES string of the molecule is CC(C)C[C@H](NC(=O)[C@H](Cc1cccnc1)NC(=O)[C@@H]1C/C=C/C[C@H](N)C(=O)N[C@@H](CCCCN)C(=O)N[C@@H](CCCCN)C(=O)N1)C(=O)O. The molecule has 12 N–H and O–H groups in total. The minimum Gasteiger partial charge on any atom is -0.480 e. The van der Waals surface area contributed by atoms with E-state index in [-0.39, 0.29) is 44.4 Å². The molecule has 0 unspecified atom stereocenters. The van der Waals surface area contributed by atoms with Crippen molar-refractivity contribution in [3.63, 3.8) is 0 Å². The first-order valence-electron chi connectivity index (χ1n) is 17.3. The summed E-state index contributed by atoms with van der Waals surface area (Å²) in [6, 6.07) is -3.26. The summed E-state index contributed by atoms with van der Waals surface area (Å²) in [6.07, 6.45) is 9.23. The van der Waals surface area contributed by atoms with Crippen molar-refractivity contribution in [1.29, 1.82) is 0 Å². The van der Waals surface area contributed by atoms with Gasteiger partial charge in [-0.25, -0.2) is 4.79 Å². The van der Waals surface area contributed by atoms with Crippen LogP contribution in [0, 0.1) is 5.92 Å². The van der Waals surface area contributed by atoms with E-state index in [9.17, 15) is 33.9 Å². The van der Waals surface area contributed by atoms with Crippen LogP contribution in [0.1, 0.15) is 77.2 Å². The van der Waals surface area contributed by atoms with E-state index in [0.29, 0.717) is 44.3 Å². The van der Waals surface area contributed by atoms with E-state index in [0.717, 1.165) is 0 Å². The molecular formula is C34H55N9O7. The van der Waals surface area contributed by atoms with Gasteiger partial charge >= 0.3 is 5.97 Å². The van der Waals surface area contributed by atoms with Crippen molar-refractivity contribution in [2.24, 2.45) is 23.1 Å². The van der Waals surface area contributed by atoms with E-state index >= 15 is 0 Å². The van der Waals surface area contributed by atoms with Gasteiger partial charge in [-0.1, -0.05) is 32.1 Å². The average Bonchev–Trinajstić information content (AvgIpc) is 3.07. The van der Waals surface area contributed by atoms with Gasteiger partial charge in [-0.3, -0.25) is 29.0 Å². The summed E-state index contributed by atoms with van der Waals surface area (Å²) < 4.78 is 0. The summed E-state index contributed by atoms with van der Waals surface area (Å²) in [6.45, 7) is 4.43. The summed E-state index contributed by atoms with van der Waals surface area (Å²) in [4.78, 5) is 83.4. The number of nitrogens with zero attached hydrogens (tertiary/aromatic N) is 1. The van der Waals surface area contributed by atoms with Gasteiger partial charge in [0.25, 0.3) is 0 Å². The molecule has 6 atom stereocenters. The van der Waals surface area contributed by atoms with Crippen molar-refractivity contribution < 1.29 is 33.9 Å². The molecule has 2 rings (SSSR count). The number of carboxylic acid groups (broad SMARTS) is 1. The number of hydrogen-bond acceptors (Lipinski definition) is 10. The number of aliphatic carboxylic acids is 1. The van der Waals surface area contributed by atoms with Crippen LogP contribution in [0.15, 0.2) is 36.7 Å². The highest BCUT2D eigenvalue weighted by Gasteiger charge is 2.33. The number of carboxylic acids is 1. The third-order valence-corrected chi connectivity index (χ3v) is 8.18. The molecule has 1 aliphatic rings. The monoisotopic (exact) mass is 701 g/mol. The molecule has 1 aliphatic heterocycles. The highest BCUT2D eigenvalue weighted by Crippen LogP contribution is 2.11. The van der Waals surface area contributed by atoms with Gasteiger partial charge in [-0.05, 0) is 88.4 Å². The lowest BCUT2D eigenvalue weighted by atomic mass is 10.0. The van der Waals surface area contributed by atoms with Crippen LogP contribution in [-0.2, 0) is 35.2 Å². The normalized spacial score (nSPS) is 22.2. The first-order valence-corrected chi connectivity index (χ1v) is 17.3. The van der Waals surface area contributed by atoms with Crippen molar-refractivity contribution in [2.75, 3.05) is 13.1 Å². The van der Waals surface area contributed by atoms with E-state index in [4.69, 9.17) is 17.2 Å². The molecule has 16 heteroatoms. The van der Waals surface area contributed by atoms with Crippen molar-refractivity contribution in [3.05, 3.63) is 42.2 Å². The van der Waals surface area contributed by atoms with Crippen molar-refractivity contribution in [2.45, 2.75) is 114 Å². The van der Waals surface area contributed by atoms with Gasteiger partial charge in [0.15, 0.2) is 0 Å². The fourth-order valence-electron chi connectivity index (χ4n) is 5.36. The molecule has 278 valence electrons. The Morgan fingerprint density at radius 3 is 2.04 bits per heavy atom. The predicted octanol–water partition coefficient (Wildman–Crippen LogP) is -0.886. The summed E-state index contributed by atoms with van der Waals surface area (Å²) >= 11 is 0. The molecule has 5 amide bonds. The van der Waals surface area contributed by atoms with Gasteiger partial charge < -0.3 is 48.9 Å². The van der Waals surface area contributed by atoms with Gasteiger partial charge in [0.05, 0.1) is 6.04 Å². The first-order chi connectivity index (χ1) is 23.9. The zero-order valence-corrected chi connectivity index (χ0v) is 29.1. The van der Waals surface area contributed by atoms with E-state index in [1.807, 2.05) is 13.8 Å². The molecule has 1 aromatic rings. The van der Waals surface area contributed by atoms with Crippen LogP contribution in [0.3, 0.4) is 0 Å². The number of rotatable bonds is 17. The fourth-order valence-corrected chi connectivity index (χ4v) is 5.36. The molecule has 0 aromatic carbocycles. The Balaban J connectivity index is 2.41. The van der Waals surface area contributed by atoms with E-state index < -0.39 is 71.8 Å². The number of hydrogen-bond donors (Lipinski definition) is 9. The molecule has 0 saturated carbocycles. The number of carbonyl (C=O) groups is 6. The second-order valence-electron chi connectivity index (χ2n) is 13.0. The molecule has 1 aromatic heterocycles. The molecule has 0 radical (unpaired) electrons. The second-order valence-corrected chi connectivity index (χ2v) is 13.0. The number of pyridine rings is 1. The van der Waals surface area contributed by atoms with Crippen molar-refractivity contribution in [1.82, 2.24) is 31.6 Å². The Kier molecular flexibility index (Phi) is 18.7. The maximum atomic E-state index is 13.9. The molecule has 0 bridgehead atoms. The maximum absolute atomic E-state index is 13.9. The molecule has 0 fully saturated rings. The Labute approximate surface area is 293 Å². The standard InChI is InChI=1S/C34H55N9O7/c1-21(2)18-28(34(49)50)43-33(48)27(19-22-10-9-17-38-20-22)42-32(47)25-12-4-3-11-23(37)29(44)39-24(13-5-7-15-35)30(45)41-26(31(46)40-25)14-6-8-16-36/h3-4,9-10,17,20-21,23-28H,5-8,11-16,18-19,35-37H2,1-2H3,(H,39,44)(H,40,46)(H,41,45)(H,42,47)(H,43,48)(H,49,50)/b4-3+/t23-,24-,25-,26-,27-,28-/m0/s1. The summed E-state index contributed by atoms with van der Waals surface area (Å²) in [5, 5.41) is 23.1. The van der Waals surface area contributed by atoms with E-state index in [1.165, 1.54) is 6.20 Å². The number of unbranched alkanes of at least 4 members (excludes halogenated alkanes) is 2. The molecule has 0 spiro atoms. The minimum atomic E-state index is -1.22. The minimum absolute atomic E-state index is 0.0107. The van der Waals surface area contributed by atoms with Gasteiger partial charge in [0.1, 0.15) is 30.2 Å². The highest BCUT2D eigenvalue weighted by atomic mass is 16.4. The third-order valence-electron chi connectivity index (χ3n) is 8.18. The summed E-state index contributed by atoms with van der Waals surface area (Å²) in [5.41, 5.74) is 18.0. The number of amides is 5. The second kappa shape index (κ2) is 22.3. The fraction of sp³-hybridized carbons (Fsp3) is 0.618.